The lowest BCUT2D eigenvalue weighted by Gasteiger charge is -2.23. The first-order valence-corrected chi connectivity index (χ1v) is 6.03. The summed E-state index contributed by atoms with van der Waals surface area (Å²) in [6.45, 7) is 4.89. The molecule has 2 amide bonds. The summed E-state index contributed by atoms with van der Waals surface area (Å²) in [6.07, 6.45) is 2.59. The lowest BCUT2D eigenvalue weighted by molar-refractivity contribution is -0.145. The van der Waals surface area contributed by atoms with Crippen LogP contribution >= 0.6 is 0 Å². The van der Waals surface area contributed by atoms with E-state index in [9.17, 15) is 9.59 Å². The van der Waals surface area contributed by atoms with Crippen molar-refractivity contribution in [3.05, 3.63) is 30.1 Å². The Morgan fingerprint density at radius 3 is 2.67 bits per heavy atom. The van der Waals surface area contributed by atoms with Gasteiger partial charge >= 0.3 is 11.8 Å². The van der Waals surface area contributed by atoms with Gasteiger partial charge in [-0.25, -0.2) is 0 Å². The van der Waals surface area contributed by atoms with E-state index in [0.717, 1.165) is 12.1 Å². The molecule has 1 atom stereocenters. The fourth-order valence-electron chi connectivity index (χ4n) is 1.57. The standard InChI is InChI=1S/C13H19N3O2/c1-3-10(2)8-16(13(18)12(14)17)9-11-6-4-5-7-15-11/h4-7,10H,3,8-9H2,1-2H3,(H2,14,17). The molecule has 1 aromatic heterocycles. The molecule has 1 heterocycles. The molecule has 1 aromatic rings. The fourth-order valence-corrected chi connectivity index (χ4v) is 1.57. The van der Waals surface area contributed by atoms with Gasteiger partial charge in [-0.1, -0.05) is 26.3 Å². The molecule has 5 nitrogen and oxygen atoms in total. The van der Waals surface area contributed by atoms with Crippen LogP contribution in [0.2, 0.25) is 0 Å². The highest BCUT2D eigenvalue weighted by Gasteiger charge is 2.21. The summed E-state index contributed by atoms with van der Waals surface area (Å²) < 4.78 is 0. The van der Waals surface area contributed by atoms with Gasteiger partial charge in [-0.2, -0.15) is 0 Å². The third kappa shape index (κ3) is 4.16. The summed E-state index contributed by atoms with van der Waals surface area (Å²) in [5.41, 5.74) is 5.80. The molecule has 0 aromatic carbocycles. The number of amides is 2. The van der Waals surface area contributed by atoms with Gasteiger partial charge in [-0.05, 0) is 18.1 Å². The van der Waals surface area contributed by atoms with Gasteiger partial charge in [0.05, 0.1) is 12.2 Å². The number of hydrogen-bond acceptors (Lipinski definition) is 3. The number of hydrogen-bond donors (Lipinski definition) is 1. The Balaban J connectivity index is 2.77. The molecular weight excluding hydrogens is 230 g/mol. The second-order valence-electron chi connectivity index (χ2n) is 4.38. The van der Waals surface area contributed by atoms with E-state index in [1.54, 1.807) is 12.3 Å². The molecule has 1 rings (SSSR count). The Morgan fingerprint density at radius 1 is 1.44 bits per heavy atom. The number of primary amides is 1. The predicted octanol–water partition coefficient (Wildman–Crippen LogP) is 0.942. The van der Waals surface area contributed by atoms with Crippen LogP contribution in [0.15, 0.2) is 24.4 Å². The highest BCUT2D eigenvalue weighted by atomic mass is 16.2. The van der Waals surface area contributed by atoms with E-state index in [-0.39, 0.29) is 0 Å². The minimum absolute atomic E-state index is 0.312. The summed E-state index contributed by atoms with van der Waals surface area (Å²) in [4.78, 5) is 28.3. The molecule has 5 heteroatoms. The Bertz CT molecular complexity index is 406. The highest BCUT2D eigenvalue weighted by molar-refractivity contribution is 6.34. The van der Waals surface area contributed by atoms with Gasteiger partial charge in [0.15, 0.2) is 0 Å². The highest BCUT2D eigenvalue weighted by Crippen LogP contribution is 2.08. The van der Waals surface area contributed by atoms with Crippen LogP contribution in [0.5, 0.6) is 0 Å². The molecule has 2 N–H and O–H groups in total. The lowest BCUT2D eigenvalue weighted by atomic mass is 10.1. The van der Waals surface area contributed by atoms with Crippen molar-refractivity contribution in [3.8, 4) is 0 Å². The maximum atomic E-state index is 11.7. The Labute approximate surface area is 107 Å². The van der Waals surface area contributed by atoms with Gasteiger partial charge in [-0.3, -0.25) is 14.6 Å². The van der Waals surface area contributed by atoms with Crippen LogP contribution in [0.1, 0.15) is 26.0 Å². The zero-order chi connectivity index (χ0) is 13.5. The summed E-state index contributed by atoms with van der Waals surface area (Å²) in [6, 6.07) is 5.47. The first kappa shape index (κ1) is 14.2. The first-order valence-electron chi connectivity index (χ1n) is 6.03. The maximum absolute atomic E-state index is 11.7. The fraction of sp³-hybridized carbons (Fsp3) is 0.462. The SMILES string of the molecule is CCC(C)CN(Cc1ccccn1)C(=O)C(N)=O. The second kappa shape index (κ2) is 6.74. The van der Waals surface area contributed by atoms with E-state index in [2.05, 4.69) is 4.98 Å². The summed E-state index contributed by atoms with van der Waals surface area (Å²) in [5.74, 6) is -1.26. The molecule has 0 spiro atoms. The van der Waals surface area contributed by atoms with E-state index in [4.69, 9.17) is 5.73 Å². The largest absolute Gasteiger partial charge is 0.361 e. The lowest BCUT2D eigenvalue weighted by Crippen LogP contribution is -2.42. The van der Waals surface area contributed by atoms with Crippen LogP contribution < -0.4 is 5.73 Å². The average Bonchev–Trinajstić information content (AvgIpc) is 2.38. The predicted molar refractivity (Wildman–Crippen MR) is 68.3 cm³/mol. The second-order valence-corrected chi connectivity index (χ2v) is 4.38. The van der Waals surface area contributed by atoms with E-state index in [1.165, 1.54) is 4.90 Å². The van der Waals surface area contributed by atoms with Crippen molar-refractivity contribution in [2.75, 3.05) is 6.54 Å². The molecule has 0 saturated carbocycles. The molecule has 0 saturated heterocycles. The van der Waals surface area contributed by atoms with Gasteiger partial charge < -0.3 is 10.6 Å². The molecule has 18 heavy (non-hydrogen) atoms. The zero-order valence-electron chi connectivity index (χ0n) is 10.8. The van der Waals surface area contributed by atoms with Gasteiger partial charge in [0.2, 0.25) is 0 Å². The van der Waals surface area contributed by atoms with Gasteiger partial charge in [0.25, 0.3) is 0 Å². The maximum Gasteiger partial charge on any atom is 0.312 e. The molecule has 0 radical (unpaired) electrons. The summed E-state index contributed by atoms with van der Waals surface area (Å²) in [7, 11) is 0. The number of aromatic nitrogens is 1. The van der Waals surface area contributed by atoms with Crippen molar-refractivity contribution in [1.29, 1.82) is 0 Å². The third-order valence-electron chi connectivity index (χ3n) is 2.81. The van der Waals surface area contributed by atoms with E-state index in [0.29, 0.717) is 19.0 Å². The van der Waals surface area contributed by atoms with Gasteiger partial charge in [0, 0.05) is 12.7 Å². The first-order chi connectivity index (χ1) is 8.54. The smallest absolute Gasteiger partial charge is 0.312 e. The van der Waals surface area contributed by atoms with Gasteiger partial charge in [-0.15, -0.1) is 0 Å². The van der Waals surface area contributed by atoms with Crippen LogP contribution in [-0.2, 0) is 16.1 Å². The number of pyridine rings is 1. The van der Waals surface area contributed by atoms with Crippen molar-refractivity contribution in [3.63, 3.8) is 0 Å². The molecule has 0 aliphatic heterocycles. The Hall–Kier alpha value is -1.91. The van der Waals surface area contributed by atoms with Gasteiger partial charge in [0.1, 0.15) is 0 Å². The molecular formula is C13H19N3O2. The average molecular weight is 249 g/mol. The van der Waals surface area contributed by atoms with Crippen LogP contribution in [0.4, 0.5) is 0 Å². The summed E-state index contributed by atoms with van der Waals surface area (Å²) in [5, 5.41) is 0. The molecule has 0 fully saturated rings. The minimum atomic E-state index is -0.922. The Kier molecular flexibility index (Phi) is 5.30. The van der Waals surface area contributed by atoms with Crippen LogP contribution in [-0.4, -0.2) is 28.2 Å². The van der Waals surface area contributed by atoms with E-state index in [1.807, 2.05) is 26.0 Å². The van der Waals surface area contributed by atoms with E-state index >= 15 is 0 Å². The quantitative estimate of drug-likeness (QED) is 0.789. The number of nitrogens with two attached hydrogens (primary N) is 1. The topological polar surface area (TPSA) is 76.3 Å². The molecule has 98 valence electrons. The normalized spacial score (nSPS) is 11.9. The van der Waals surface area contributed by atoms with Crippen molar-refractivity contribution in [1.82, 2.24) is 9.88 Å². The number of carbonyl (C=O) groups excluding carboxylic acids is 2. The number of nitrogens with zero attached hydrogens (tertiary/aromatic N) is 2. The van der Waals surface area contributed by atoms with Crippen LogP contribution in [0.3, 0.4) is 0 Å². The van der Waals surface area contributed by atoms with Crippen molar-refractivity contribution < 1.29 is 9.59 Å². The van der Waals surface area contributed by atoms with Crippen LogP contribution in [0, 0.1) is 5.92 Å². The monoisotopic (exact) mass is 249 g/mol. The zero-order valence-corrected chi connectivity index (χ0v) is 10.8. The minimum Gasteiger partial charge on any atom is -0.361 e. The van der Waals surface area contributed by atoms with Crippen molar-refractivity contribution >= 4 is 11.8 Å². The summed E-state index contributed by atoms with van der Waals surface area (Å²) >= 11 is 0. The molecule has 0 aliphatic rings. The Morgan fingerprint density at radius 2 is 2.17 bits per heavy atom. The van der Waals surface area contributed by atoms with Crippen molar-refractivity contribution in [2.45, 2.75) is 26.8 Å². The van der Waals surface area contributed by atoms with E-state index < -0.39 is 11.8 Å². The number of rotatable bonds is 5. The molecule has 1 unspecified atom stereocenters. The molecule has 0 bridgehead atoms. The third-order valence-corrected chi connectivity index (χ3v) is 2.81. The number of carbonyl (C=O) groups is 2. The van der Waals surface area contributed by atoms with Crippen molar-refractivity contribution in [2.24, 2.45) is 11.7 Å². The van der Waals surface area contributed by atoms with Crippen LogP contribution in [0.25, 0.3) is 0 Å². The molecule has 0 aliphatic carbocycles.